The number of aromatic nitrogens is 1. The average molecular weight is 221 g/mol. The molecule has 4 nitrogen and oxygen atoms in total. The number of nitrogens with two attached hydrogens (primary N) is 2. The summed E-state index contributed by atoms with van der Waals surface area (Å²) in [5, 5.41) is 0. The van der Waals surface area contributed by atoms with Crippen LogP contribution in [-0.4, -0.2) is 17.3 Å². The Balaban J connectivity index is 3.14. The van der Waals surface area contributed by atoms with Crippen molar-refractivity contribution >= 4 is 11.5 Å². The molecule has 0 radical (unpaired) electrons. The Morgan fingerprint density at radius 3 is 2.50 bits per heavy atom. The summed E-state index contributed by atoms with van der Waals surface area (Å²) in [6, 6.07) is 1.64. The maximum Gasteiger partial charge on any atom is 0.173 e. The zero-order valence-electron chi connectivity index (χ0n) is 9.86. The van der Waals surface area contributed by atoms with E-state index in [1.807, 2.05) is 13.8 Å². The highest BCUT2D eigenvalue weighted by molar-refractivity contribution is 6.04. The van der Waals surface area contributed by atoms with Crippen LogP contribution in [0, 0.1) is 5.41 Å². The van der Waals surface area contributed by atoms with Crippen molar-refractivity contribution in [3.63, 3.8) is 0 Å². The molecule has 1 rings (SSSR count). The predicted molar refractivity (Wildman–Crippen MR) is 65.0 cm³/mol. The molecular weight excluding hydrogens is 202 g/mol. The molecule has 0 aromatic carbocycles. The molecule has 1 aromatic rings. The van der Waals surface area contributed by atoms with Crippen LogP contribution in [0.2, 0.25) is 0 Å². The molecule has 0 saturated carbocycles. The van der Waals surface area contributed by atoms with Gasteiger partial charge in [-0.05, 0) is 18.9 Å². The number of ketones is 1. The lowest BCUT2D eigenvalue weighted by Crippen LogP contribution is -2.38. The molecule has 0 spiro atoms. The molecular formula is C12H19N3O. The van der Waals surface area contributed by atoms with Crippen LogP contribution in [-0.2, 0) is 0 Å². The smallest absolute Gasteiger partial charge is 0.173 e. The van der Waals surface area contributed by atoms with Crippen molar-refractivity contribution in [1.29, 1.82) is 0 Å². The molecule has 4 heteroatoms. The van der Waals surface area contributed by atoms with Crippen molar-refractivity contribution in [1.82, 2.24) is 4.98 Å². The zero-order chi connectivity index (χ0) is 12.2. The molecule has 0 bridgehead atoms. The summed E-state index contributed by atoms with van der Waals surface area (Å²) < 4.78 is 0. The van der Waals surface area contributed by atoms with E-state index in [9.17, 15) is 4.79 Å². The molecule has 0 fully saturated rings. The standard InChI is InChI=1S/C12H19N3O/c1-3-12(4-2,8-13)11(16)9-7-15-6-5-10(9)14/h5-7H,3-4,8,13H2,1-2H3,(H2,14,15). The minimum atomic E-state index is -0.503. The second-order valence-electron chi connectivity index (χ2n) is 3.98. The van der Waals surface area contributed by atoms with Crippen LogP contribution in [0.4, 0.5) is 5.69 Å². The number of hydrogen-bond acceptors (Lipinski definition) is 4. The van der Waals surface area contributed by atoms with Gasteiger partial charge in [0.25, 0.3) is 0 Å². The lowest BCUT2D eigenvalue weighted by Gasteiger charge is -2.28. The van der Waals surface area contributed by atoms with Crippen LogP contribution >= 0.6 is 0 Å². The quantitative estimate of drug-likeness (QED) is 0.740. The highest BCUT2D eigenvalue weighted by Crippen LogP contribution is 2.31. The van der Waals surface area contributed by atoms with Crippen LogP contribution in [0.1, 0.15) is 37.0 Å². The van der Waals surface area contributed by atoms with Crippen LogP contribution in [0.5, 0.6) is 0 Å². The number of Topliss-reactive ketones (excluding diaryl/α,β-unsaturated/α-hetero) is 1. The average Bonchev–Trinajstić information content (AvgIpc) is 2.32. The minimum absolute atomic E-state index is 0.00519. The molecule has 0 unspecified atom stereocenters. The molecule has 1 aromatic heterocycles. The van der Waals surface area contributed by atoms with Gasteiger partial charge in [-0.2, -0.15) is 0 Å². The van der Waals surface area contributed by atoms with Gasteiger partial charge in [-0.25, -0.2) is 0 Å². The van der Waals surface area contributed by atoms with Gasteiger partial charge < -0.3 is 11.5 Å². The monoisotopic (exact) mass is 221 g/mol. The second-order valence-corrected chi connectivity index (χ2v) is 3.98. The summed E-state index contributed by atoms with van der Waals surface area (Å²) in [4.78, 5) is 16.3. The number of carbonyl (C=O) groups excluding carboxylic acids is 1. The van der Waals surface area contributed by atoms with Gasteiger partial charge in [0, 0.05) is 30.0 Å². The Hall–Kier alpha value is -1.42. The summed E-state index contributed by atoms with van der Waals surface area (Å²) in [6.07, 6.45) is 4.53. The Morgan fingerprint density at radius 2 is 2.06 bits per heavy atom. The van der Waals surface area contributed by atoms with Crippen LogP contribution < -0.4 is 11.5 Å². The molecule has 4 N–H and O–H groups in total. The van der Waals surface area contributed by atoms with E-state index in [1.165, 1.54) is 6.20 Å². The van der Waals surface area contributed by atoms with Gasteiger partial charge in [-0.15, -0.1) is 0 Å². The van der Waals surface area contributed by atoms with Gasteiger partial charge in [0.15, 0.2) is 5.78 Å². The van der Waals surface area contributed by atoms with Gasteiger partial charge in [0.1, 0.15) is 0 Å². The first-order valence-electron chi connectivity index (χ1n) is 5.55. The molecule has 1 heterocycles. The number of pyridine rings is 1. The van der Waals surface area contributed by atoms with E-state index >= 15 is 0 Å². The normalized spacial score (nSPS) is 11.4. The zero-order valence-corrected chi connectivity index (χ0v) is 9.86. The largest absolute Gasteiger partial charge is 0.398 e. The number of hydrogen-bond donors (Lipinski definition) is 2. The van der Waals surface area contributed by atoms with E-state index in [0.29, 0.717) is 30.6 Å². The first kappa shape index (κ1) is 12.6. The van der Waals surface area contributed by atoms with Gasteiger partial charge >= 0.3 is 0 Å². The van der Waals surface area contributed by atoms with E-state index < -0.39 is 5.41 Å². The van der Waals surface area contributed by atoms with Gasteiger partial charge in [0.05, 0.1) is 5.56 Å². The SMILES string of the molecule is CCC(CC)(CN)C(=O)c1cnccc1N. The topological polar surface area (TPSA) is 82.0 Å². The lowest BCUT2D eigenvalue weighted by atomic mass is 9.76. The predicted octanol–water partition coefficient (Wildman–Crippen LogP) is 1.61. The Kier molecular flexibility index (Phi) is 4.01. The van der Waals surface area contributed by atoms with E-state index in [0.717, 1.165) is 0 Å². The lowest BCUT2D eigenvalue weighted by molar-refractivity contribution is 0.0788. The third-order valence-corrected chi connectivity index (χ3v) is 3.33. The van der Waals surface area contributed by atoms with E-state index in [2.05, 4.69) is 4.98 Å². The maximum atomic E-state index is 12.4. The van der Waals surface area contributed by atoms with E-state index in [1.54, 1.807) is 12.3 Å². The van der Waals surface area contributed by atoms with Crippen molar-refractivity contribution < 1.29 is 4.79 Å². The Bertz CT molecular complexity index is 364. The van der Waals surface area contributed by atoms with Crippen molar-refractivity contribution in [3.05, 3.63) is 24.0 Å². The van der Waals surface area contributed by atoms with Gasteiger partial charge in [-0.1, -0.05) is 13.8 Å². The summed E-state index contributed by atoms with van der Waals surface area (Å²) >= 11 is 0. The minimum Gasteiger partial charge on any atom is -0.398 e. The van der Waals surface area contributed by atoms with Gasteiger partial charge in [-0.3, -0.25) is 9.78 Å². The number of carbonyl (C=O) groups is 1. The van der Waals surface area contributed by atoms with Crippen LogP contribution in [0.15, 0.2) is 18.5 Å². The van der Waals surface area contributed by atoms with E-state index in [4.69, 9.17) is 11.5 Å². The van der Waals surface area contributed by atoms with Crippen molar-refractivity contribution in [3.8, 4) is 0 Å². The maximum absolute atomic E-state index is 12.4. The number of nitrogens with zero attached hydrogens (tertiary/aromatic N) is 1. The summed E-state index contributed by atoms with van der Waals surface area (Å²) in [6.45, 7) is 4.29. The third kappa shape index (κ3) is 2.07. The second kappa shape index (κ2) is 5.07. The molecule has 0 saturated heterocycles. The Morgan fingerprint density at radius 1 is 1.44 bits per heavy atom. The number of nitrogen functional groups attached to an aromatic ring is 1. The summed E-state index contributed by atoms with van der Waals surface area (Å²) in [7, 11) is 0. The highest BCUT2D eigenvalue weighted by atomic mass is 16.1. The van der Waals surface area contributed by atoms with Gasteiger partial charge in [0.2, 0.25) is 0 Å². The number of rotatable bonds is 5. The first-order valence-corrected chi connectivity index (χ1v) is 5.55. The fourth-order valence-electron chi connectivity index (χ4n) is 1.83. The molecule has 0 aliphatic carbocycles. The third-order valence-electron chi connectivity index (χ3n) is 3.33. The molecule has 0 aliphatic heterocycles. The van der Waals surface area contributed by atoms with Crippen LogP contribution in [0.25, 0.3) is 0 Å². The van der Waals surface area contributed by atoms with Crippen molar-refractivity contribution in [2.75, 3.05) is 12.3 Å². The highest BCUT2D eigenvalue weighted by Gasteiger charge is 2.34. The molecule has 0 amide bonds. The Labute approximate surface area is 96.0 Å². The van der Waals surface area contributed by atoms with E-state index in [-0.39, 0.29) is 5.78 Å². The molecule has 16 heavy (non-hydrogen) atoms. The summed E-state index contributed by atoms with van der Waals surface area (Å²) in [5.74, 6) is 0.00519. The molecule has 88 valence electrons. The molecule has 0 aliphatic rings. The summed E-state index contributed by atoms with van der Waals surface area (Å²) in [5.41, 5.74) is 12.0. The van der Waals surface area contributed by atoms with Crippen molar-refractivity contribution in [2.45, 2.75) is 26.7 Å². The fraction of sp³-hybridized carbons (Fsp3) is 0.500. The van der Waals surface area contributed by atoms with Crippen molar-refractivity contribution in [2.24, 2.45) is 11.1 Å². The van der Waals surface area contributed by atoms with Crippen LogP contribution in [0.3, 0.4) is 0 Å². The fourth-order valence-corrected chi connectivity index (χ4v) is 1.83. The number of anilines is 1. The molecule has 0 atom stereocenters. The first-order chi connectivity index (χ1) is 7.61.